The molecule has 1 heterocycles. The van der Waals surface area contributed by atoms with Gasteiger partial charge in [-0.2, -0.15) is 11.8 Å². The molecule has 1 N–H and O–H groups in total. The van der Waals surface area contributed by atoms with Crippen molar-refractivity contribution in [2.75, 3.05) is 31.8 Å². The Morgan fingerprint density at radius 3 is 2.82 bits per heavy atom. The van der Waals surface area contributed by atoms with Crippen LogP contribution in [0, 0.1) is 6.92 Å². The van der Waals surface area contributed by atoms with Gasteiger partial charge in [-0.1, -0.05) is 0 Å². The van der Waals surface area contributed by atoms with Gasteiger partial charge >= 0.3 is 0 Å². The molecule has 0 saturated carbocycles. The molecule has 0 amide bonds. The first-order valence-corrected chi connectivity index (χ1v) is 7.03. The quantitative estimate of drug-likeness (QED) is 0.814. The molecule has 0 aliphatic heterocycles. The number of hydrogen-bond donors (Lipinski definition) is 1. The third kappa shape index (κ3) is 4.60. The minimum atomic E-state index is 0.214. The predicted molar refractivity (Wildman–Crippen MR) is 74.9 cm³/mol. The summed E-state index contributed by atoms with van der Waals surface area (Å²) in [6, 6.07) is 0. The van der Waals surface area contributed by atoms with Crippen LogP contribution in [-0.4, -0.2) is 40.8 Å². The first-order valence-electron chi connectivity index (χ1n) is 5.80. The minimum Gasteiger partial charge on any atom is -0.383 e. The number of nitrogens with one attached hydrogen (secondary N) is 1. The van der Waals surface area contributed by atoms with Crippen LogP contribution in [0.3, 0.4) is 0 Å². The molecule has 5 heteroatoms. The minimum absolute atomic E-state index is 0.214. The Morgan fingerprint density at radius 2 is 2.24 bits per heavy atom. The molecule has 0 radical (unpaired) electrons. The number of hydrogen-bond acceptors (Lipinski definition) is 4. The molecule has 98 valence electrons. The summed E-state index contributed by atoms with van der Waals surface area (Å²) in [6.45, 7) is 8.89. The highest BCUT2D eigenvalue weighted by molar-refractivity contribution is 7.99. The van der Waals surface area contributed by atoms with Crippen LogP contribution in [0.2, 0.25) is 0 Å². The lowest BCUT2D eigenvalue weighted by atomic mass is 10.2. The number of rotatable bonds is 7. The standard InChI is InChI=1S/C12H23N3OS/c1-10-8-15(6-7-16-4)11(14-10)13-9-12(2,3)17-5/h8H,6-7,9H2,1-5H3,(H,13,14). The van der Waals surface area contributed by atoms with Gasteiger partial charge in [0.05, 0.1) is 12.3 Å². The van der Waals surface area contributed by atoms with E-state index in [1.807, 2.05) is 24.9 Å². The molecule has 1 rings (SSSR count). The number of imidazole rings is 1. The average molecular weight is 257 g/mol. The van der Waals surface area contributed by atoms with Crippen molar-refractivity contribution in [3.8, 4) is 0 Å². The first-order chi connectivity index (χ1) is 7.98. The van der Waals surface area contributed by atoms with Crippen LogP contribution >= 0.6 is 11.8 Å². The number of thioether (sulfide) groups is 1. The van der Waals surface area contributed by atoms with Crippen molar-refractivity contribution in [2.24, 2.45) is 0 Å². The molecule has 0 aromatic carbocycles. The fourth-order valence-electron chi connectivity index (χ4n) is 1.41. The number of aryl methyl sites for hydroxylation is 1. The zero-order valence-electron chi connectivity index (χ0n) is 11.4. The van der Waals surface area contributed by atoms with Crippen molar-refractivity contribution in [3.05, 3.63) is 11.9 Å². The average Bonchev–Trinajstić information content (AvgIpc) is 2.64. The van der Waals surface area contributed by atoms with Crippen molar-refractivity contribution in [2.45, 2.75) is 32.1 Å². The van der Waals surface area contributed by atoms with Gasteiger partial charge < -0.3 is 14.6 Å². The van der Waals surface area contributed by atoms with Crippen LogP contribution in [0.4, 0.5) is 5.95 Å². The smallest absolute Gasteiger partial charge is 0.203 e. The van der Waals surface area contributed by atoms with Crippen LogP contribution in [0.15, 0.2) is 6.20 Å². The Hall–Kier alpha value is -0.680. The van der Waals surface area contributed by atoms with Crippen molar-refractivity contribution in [1.82, 2.24) is 9.55 Å². The maximum atomic E-state index is 5.10. The second-order valence-electron chi connectivity index (χ2n) is 4.71. The molecule has 17 heavy (non-hydrogen) atoms. The van der Waals surface area contributed by atoms with E-state index < -0.39 is 0 Å². The van der Waals surface area contributed by atoms with Crippen LogP contribution < -0.4 is 5.32 Å². The molecule has 1 aromatic rings. The highest BCUT2D eigenvalue weighted by Gasteiger charge is 2.16. The first kappa shape index (κ1) is 14.4. The zero-order valence-corrected chi connectivity index (χ0v) is 12.2. The lowest BCUT2D eigenvalue weighted by Crippen LogP contribution is -2.27. The number of methoxy groups -OCH3 is 1. The van der Waals surface area contributed by atoms with E-state index >= 15 is 0 Å². The summed E-state index contributed by atoms with van der Waals surface area (Å²) < 4.78 is 7.42. The number of anilines is 1. The monoisotopic (exact) mass is 257 g/mol. The summed E-state index contributed by atoms with van der Waals surface area (Å²) in [7, 11) is 1.72. The van der Waals surface area contributed by atoms with E-state index in [1.165, 1.54) is 0 Å². The molecule has 0 fully saturated rings. The summed E-state index contributed by atoms with van der Waals surface area (Å²) in [5, 5.41) is 3.41. The highest BCUT2D eigenvalue weighted by atomic mass is 32.2. The molecular weight excluding hydrogens is 234 g/mol. The molecule has 0 atom stereocenters. The van der Waals surface area contributed by atoms with E-state index in [0.29, 0.717) is 6.61 Å². The molecule has 0 aliphatic carbocycles. The van der Waals surface area contributed by atoms with E-state index in [1.54, 1.807) is 7.11 Å². The van der Waals surface area contributed by atoms with E-state index in [4.69, 9.17) is 4.74 Å². The van der Waals surface area contributed by atoms with Crippen LogP contribution in [0.25, 0.3) is 0 Å². The second-order valence-corrected chi connectivity index (χ2v) is 6.22. The molecule has 0 saturated heterocycles. The lowest BCUT2D eigenvalue weighted by Gasteiger charge is -2.22. The van der Waals surface area contributed by atoms with Crippen molar-refractivity contribution in [3.63, 3.8) is 0 Å². The highest BCUT2D eigenvalue weighted by Crippen LogP contribution is 2.21. The third-order valence-corrected chi connectivity index (χ3v) is 3.91. The molecule has 1 aromatic heterocycles. The third-order valence-electron chi connectivity index (χ3n) is 2.66. The molecule has 0 aliphatic rings. The van der Waals surface area contributed by atoms with Gasteiger partial charge in [-0.25, -0.2) is 4.98 Å². The maximum absolute atomic E-state index is 5.10. The van der Waals surface area contributed by atoms with Gasteiger partial charge in [0.2, 0.25) is 5.95 Å². The number of nitrogens with zero attached hydrogens (tertiary/aromatic N) is 2. The van der Waals surface area contributed by atoms with Gasteiger partial charge in [0.1, 0.15) is 0 Å². The Morgan fingerprint density at radius 1 is 1.53 bits per heavy atom. The maximum Gasteiger partial charge on any atom is 0.203 e. The van der Waals surface area contributed by atoms with Crippen molar-refractivity contribution in [1.29, 1.82) is 0 Å². The summed E-state index contributed by atoms with van der Waals surface area (Å²) >= 11 is 1.85. The fraction of sp³-hybridized carbons (Fsp3) is 0.750. The summed E-state index contributed by atoms with van der Waals surface area (Å²) in [5.74, 6) is 0.932. The van der Waals surface area contributed by atoms with Crippen LogP contribution in [-0.2, 0) is 11.3 Å². The van der Waals surface area contributed by atoms with Gasteiger partial charge in [0, 0.05) is 31.1 Å². The summed E-state index contributed by atoms with van der Waals surface area (Å²) in [6.07, 6.45) is 4.18. The number of ether oxygens (including phenoxy) is 1. The van der Waals surface area contributed by atoms with E-state index in [0.717, 1.165) is 24.7 Å². The Kier molecular flexibility index (Phi) is 5.33. The largest absolute Gasteiger partial charge is 0.383 e. The molecule has 4 nitrogen and oxygen atoms in total. The Bertz CT molecular complexity index is 350. The predicted octanol–water partition coefficient (Wildman–Crippen LogP) is 2.39. The van der Waals surface area contributed by atoms with Crippen molar-refractivity contribution >= 4 is 17.7 Å². The summed E-state index contributed by atoms with van der Waals surface area (Å²) in [4.78, 5) is 4.49. The van der Waals surface area contributed by atoms with Crippen molar-refractivity contribution < 1.29 is 4.74 Å². The lowest BCUT2D eigenvalue weighted by molar-refractivity contribution is 0.187. The van der Waals surface area contributed by atoms with E-state index in [2.05, 4.69) is 35.0 Å². The van der Waals surface area contributed by atoms with Gasteiger partial charge in [-0.3, -0.25) is 0 Å². The molecule has 0 bridgehead atoms. The van der Waals surface area contributed by atoms with Crippen LogP contribution in [0.1, 0.15) is 19.5 Å². The van der Waals surface area contributed by atoms with E-state index in [9.17, 15) is 0 Å². The summed E-state index contributed by atoms with van der Waals surface area (Å²) in [5.41, 5.74) is 1.03. The molecule has 0 spiro atoms. The Labute approximate surface area is 108 Å². The molecular formula is C12H23N3OS. The van der Waals surface area contributed by atoms with Gasteiger partial charge in [0.25, 0.3) is 0 Å². The normalized spacial score (nSPS) is 11.8. The second kappa shape index (κ2) is 6.31. The van der Waals surface area contributed by atoms with Crippen LogP contribution in [0.5, 0.6) is 0 Å². The van der Waals surface area contributed by atoms with Gasteiger partial charge in [-0.15, -0.1) is 0 Å². The van der Waals surface area contributed by atoms with Gasteiger partial charge in [0.15, 0.2) is 0 Å². The van der Waals surface area contributed by atoms with E-state index in [-0.39, 0.29) is 4.75 Å². The fourth-order valence-corrected chi connectivity index (χ4v) is 1.63. The van der Waals surface area contributed by atoms with Gasteiger partial charge in [-0.05, 0) is 27.0 Å². The molecule has 0 unspecified atom stereocenters. The topological polar surface area (TPSA) is 39.1 Å². The SMILES string of the molecule is COCCn1cc(C)nc1NCC(C)(C)SC. The Balaban J connectivity index is 2.63. The zero-order chi connectivity index (χ0) is 12.9. The number of aromatic nitrogens is 2.